The minimum Gasteiger partial charge on any atom is -0.482 e. The van der Waals surface area contributed by atoms with Crippen LogP contribution < -0.4 is 4.74 Å². The largest absolute Gasteiger partial charge is 0.482 e. The molecule has 0 fully saturated rings. The summed E-state index contributed by atoms with van der Waals surface area (Å²) in [5.41, 5.74) is 2.04. The molecule has 0 aliphatic carbocycles. The zero-order valence-corrected chi connectivity index (χ0v) is 14.1. The third kappa shape index (κ3) is 4.66. The number of hydrogen-bond donors (Lipinski definition) is 0. The molecule has 0 saturated carbocycles. The van der Waals surface area contributed by atoms with Gasteiger partial charge in [-0.25, -0.2) is 9.18 Å². The van der Waals surface area contributed by atoms with Gasteiger partial charge in [-0.05, 0) is 36.2 Å². The molecule has 0 spiro atoms. The van der Waals surface area contributed by atoms with Gasteiger partial charge in [-0.2, -0.15) is 4.98 Å². The molecule has 3 aromatic rings. The van der Waals surface area contributed by atoms with E-state index in [1.54, 1.807) is 0 Å². The number of nitrogens with zero attached hydrogens (tertiary/aromatic N) is 2. The summed E-state index contributed by atoms with van der Waals surface area (Å²) in [6, 6.07) is 13.2. The van der Waals surface area contributed by atoms with Gasteiger partial charge in [0.05, 0.1) is 0 Å². The van der Waals surface area contributed by atoms with E-state index in [9.17, 15) is 9.18 Å². The molecule has 1 aromatic heterocycles. The lowest BCUT2D eigenvalue weighted by Gasteiger charge is -2.05. The van der Waals surface area contributed by atoms with E-state index >= 15 is 0 Å². The Morgan fingerprint density at radius 2 is 1.85 bits per heavy atom. The molecule has 0 aliphatic heterocycles. The zero-order chi connectivity index (χ0) is 18.4. The average molecular weight is 356 g/mol. The van der Waals surface area contributed by atoms with Gasteiger partial charge < -0.3 is 14.0 Å². The predicted octanol–water partition coefficient (Wildman–Crippen LogP) is 3.56. The first-order valence-corrected chi connectivity index (χ1v) is 8.10. The molecule has 134 valence electrons. The second-order valence-electron chi connectivity index (χ2n) is 5.47. The number of carbonyl (C=O) groups is 1. The highest BCUT2D eigenvalue weighted by molar-refractivity contribution is 5.71. The van der Waals surface area contributed by atoms with Crippen LogP contribution in [-0.2, 0) is 22.6 Å². The molecule has 6 nitrogen and oxygen atoms in total. The minimum absolute atomic E-state index is 0.147. The Hall–Kier alpha value is -3.22. The van der Waals surface area contributed by atoms with E-state index in [0.717, 1.165) is 12.0 Å². The first-order chi connectivity index (χ1) is 12.6. The number of hydrogen-bond acceptors (Lipinski definition) is 6. The number of benzene rings is 2. The third-order valence-corrected chi connectivity index (χ3v) is 3.62. The van der Waals surface area contributed by atoms with E-state index in [1.165, 1.54) is 29.8 Å². The molecule has 2 aromatic carbocycles. The quantitative estimate of drug-likeness (QED) is 0.603. The SMILES string of the molecule is CCc1ccc(-c2noc(COC(=O)COc3ccc(F)cc3)n2)cc1. The molecule has 0 aliphatic rings. The van der Waals surface area contributed by atoms with Crippen molar-refractivity contribution in [3.63, 3.8) is 0 Å². The number of carbonyl (C=O) groups excluding carboxylic acids is 1. The van der Waals surface area contributed by atoms with Gasteiger partial charge in [0.1, 0.15) is 11.6 Å². The molecule has 0 N–H and O–H groups in total. The van der Waals surface area contributed by atoms with E-state index in [2.05, 4.69) is 17.1 Å². The van der Waals surface area contributed by atoms with Crippen molar-refractivity contribution in [3.05, 3.63) is 65.8 Å². The smallest absolute Gasteiger partial charge is 0.344 e. The number of aromatic nitrogens is 2. The number of esters is 1. The zero-order valence-electron chi connectivity index (χ0n) is 14.1. The van der Waals surface area contributed by atoms with Gasteiger partial charge in [-0.1, -0.05) is 36.3 Å². The van der Waals surface area contributed by atoms with Gasteiger partial charge in [0, 0.05) is 5.56 Å². The molecular weight excluding hydrogens is 339 g/mol. The lowest BCUT2D eigenvalue weighted by Crippen LogP contribution is -2.14. The van der Waals surface area contributed by atoms with Crippen molar-refractivity contribution in [2.24, 2.45) is 0 Å². The summed E-state index contributed by atoms with van der Waals surface area (Å²) >= 11 is 0. The van der Waals surface area contributed by atoms with Gasteiger partial charge in [-0.3, -0.25) is 0 Å². The highest BCUT2D eigenvalue weighted by Crippen LogP contribution is 2.17. The van der Waals surface area contributed by atoms with Crippen LogP contribution in [0.4, 0.5) is 4.39 Å². The second kappa shape index (κ2) is 8.24. The van der Waals surface area contributed by atoms with Crippen LogP contribution in [-0.4, -0.2) is 22.7 Å². The summed E-state index contributed by atoms with van der Waals surface area (Å²) in [4.78, 5) is 15.9. The Balaban J connectivity index is 1.49. The van der Waals surface area contributed by atoms with Crippen LogP contribution >= 0.6 is 0 Å². The maximum Gasteiger partial charge on any atom is 0.344 e. The Morgan fingerprint density at radius 3 is 2.54 bits per heavy atom. The highest BCUT2D eigenvalue weighted by atomic mass is 19.1. The number of aryl methyl sites for hydroxylation is 1. The summed E-state index contributed by atoms with van der Waals surface area (Å²) in [5, 5.41) is 3.88. The van der Waals surface area contributed by atoms with Crippen molar-refractivity contribution in [1.29, 1.82) is 0 Å². The van der Waals surface area contributed by atoms with Crippen LogP contribution in [0.3, 0.4) is 0 Å². The molecule has 7 heteroatoms. The van der Waals surface area contributed by atoms with Crippen molar-refractivity contribution < 1.29 is 23.2 Å². The number of rotatable bonds is 7. The summed E-state index contributed by atoms with van der Waals surface area (Å²) in [5.74, 6) is 0.0211. The minimum atomic E-state index is -0.596. The second-order valence-corrected chi connectivity index (χ2v) is 5.47. The van der Waals surface area contributed by atoms with E-state index in [1.807, 2.05) is 24.3 Å². The van der Waals surface area contributed by atoms with Gasteiger partial charge in [0.2, 0.25) is 5.82 Å². The first kappa shape index (κ1) is 17.6. The lowest BCUT2D eigenvalue weighted by atomic mass is 10.1. The van der Waals surface area contributed by atoms with Crippen molar-refractivity contribution in [3.8, 4) is 17.1 Å². The molecule has 26 heavy (non-hydrogen) atoms. The Bertz CT molecular complexity index is 860. The lowest BCUT2D eigenvalue weighted by molar-refractivity contribution is -0.148. The van der Waals surface area contributed by atoms with E-state index in [4.69, 9.17) is 14.0 Å². The van der Waals surface area contributed by atoms with Crippen LogP contribution in [0.25, 0.3) is 11.4 Å². The summed E-state index contributed by atoms with van der Waals surface area (Å²) in [6.07, 6.45) is 0.952. The van der Waals surface area contributed by atoms with Crippen LogP contribution in [0.15, 0.2) is 53.1 Å². The molecule has 0 bridgehead atoms. The average Bonchev–Trinajstić information content (AvgIpc) is 3.15. The maximum absolute atomic E-state index is 12.8. The molecule has 0 radical (unpaired) electrons. The van der Waals surface area contributed by atoms with Crippen molar-refractivity contribution in [2.75, 3.05) is 6.61 Å². The normalized spacial score (nSPS) is 10.5. The molecule has 0 saturated heterocycles. The van der Waals surface area contributed by atoms with Crippen molar-refractivity contribution in [2.45, 2.75) is 20.0 Å². The fraction of sp³-hybridized carbons (Fsp3) is 0.211. The van der Waals surface area contributed by atoms with Gasteiger partial charge in [0.15, 0.2) is 13.2 Å². The summed E-state index contributed by atoms with van der Waals surface area (Å²) < 4.78 is 28.1. The molecular formula is C19H17FN2O4. The van der Waals surface area contributed by atoms with E-state index in [0.29, 0.717) is 11.6 Å². The molecule has 0 unspecified atom stereocenters. The van der Waals surface area contributed by atoms with Crippen LogP contribution in [0, 0.1) is 5.82 Å². The van der Waals surface area contributed by atoms with Gasteiger partial charge >= 0.3 is 5.97 Å². The first-order valence-electron chi connectivity index (χ1n) is 8.10. The monoisotopic (exact) mass is 356 g/mol. The predicted molar refractivity (Wildman–Crippen MR) is 90.8 cm³/mol. The number of ether oxygens (including phenoxy) is 2. The van der Waals surface area contributed by atoms with Crippen LogP contribution in [0.5, 0.6) is 5.75 Å². The Labute approximate surface area is 149 Å². The van der Waals surface area contributed by atoms with Gasteiger partial charge in [-0.15, -0.1) is 0 Å². The fourth-order valence-corrected chi connectivity index (χ4v) is 2.18. The van der Waals surface area contributed by atoms with Crippen LogP contribution in [0.2, 0.25) is 0 Å². The molecule has 0 atom stereocenters. The molecule has 3 rings (SSSR count). The summed E-state index contributed by atoms with van der Waals surface area (Å²) in [6.45, 7) is 1.63. The van der Waals surface area contributed by atoms with Crippen molar-refractivity contribution >= 4 is 5.97 Å². The highest BCUT2D eigenvalue weighted by Gasteiger charge is 2.11. The van der Waals surface area contributed by atoms with Gasteiger partial charge in [0.25, 0.3) is 5.89 Å². The standard InChI is InChI=1S/C19H17FN2O4/c1-2-13-3-5-14(6-4-13)19-21-17(26-22-19)11-25-18(23)12-24-16-9-7-15(20)8-10-16/h3-10H,2,11-12H2,1H3. The van der Waals surface area contributed by atoms with Crippen LogP contribution in [0.1, 0.15) is 18.4 Å². The van der Waals surface area contributed by atoms with E-state index < -0.39 is 5.97 Å². The fourth-order valence-electron chi connectivity index (χ4n) is 2.18. The molecule has 1 heterocycles. The molecule has 0 amide bonds. The maximum atomic E-state index is 12.8. The van der Waals surface area contributed by atoms with Crippen molar-refractivity contribution in [1.82, 2.24) is 10.1 Å². The Morgan fingerprint density at radius 1 is 1.12 bits per heavy atom. The topological polar surface area (TPSA) is 74.5 Å². The third-order valence-electron chi connectivity index (χ3n) is 3.62. The summed E-state index contributed by atoms with van der Waals surface area (Å²) in [7, 11) is 0. The number of halogens is 1. The Kier molecular flexibility index (Phi) is 5.58. The van der Waals surface area contributed by atoms with E-state index in [-0.39, 0.29) is 24.9 Å².